The number of hydrogen-bond donors (Lipinski definition) is 1. The van der Waals surface area contributed by atoms with Gasteiger partial charge >= 0.3 is 0 Å². The molecule has 3 nitrogen and oxygen atoms in total. The van der Waals surface area contributed by atoms with E-state index in [1.165, 1.54) is 4.90 Å². The van der Waals surface area contributed by atoms with Crippen molar-refractivity contribution in [2.75, 3.05) is 6.54 Å². The van der Waals surface area contributed by atoms with Crippen LogP contribution in [0.15, 0.2) is 12.1 Å². The van der Waals surface area contributed by atoms with Crippen LogP contribution in [0, 0.1) is 17.5 Å². The van der Waals surface area contributed by atoms with E-state index in [-0.39, 0.29) is 24.0 Å². The number of carbonyl (C=O) groups is 1. The minimum Gasteiger partial charge on any atom is -0.393 e. The van der Waals surface area contributed by atoms with Crippen LogP contribution >= 0.6 is 12.2 Å². The van der Waals surface area contributed by atoms with Crippen LogP contribution in [0.25, 0.3) is 0 Å². The molecule has 0 saturated carbocycles. The molecule has 0 radical (unpaired) electrons. The first-order valence-corrected chi connectivity index (χ1v) is 6.38. The summed E-state index contributed by atoms with van der Waals surface area (Å²) in [5, 5.41) is 0. The van der Waals surface area contributed by atoms with Gasteiger partial charge in [0.15, 0.2) is 0 Å². The van der Waals surface area contributed by atoms with Gasteiger partial charge in [0.05, 0.1) is 4.99 Å². The second-order valence-corrected chi connectivity index (χ2v) is 5.08. The van der Waals surface area contributed by atoms with Crippen molar-refractivity contribution in [2.24, 2.45) is 5.73 Å². The van der Waals surface area contributed by atoms with Crippen LogP contribution in [-0.4, -0.2) is 28.4 Å². The van der Waals surface area contributed by atoms with Gasteiger partial charge in [0.2, 0.25) is 0 Å². The number of amides is 1. The van der Waals surface area contributed by atoms with E-state index >= 15 is 0 Å². The van der Waals surface area contributed by atoms with E-state index in [0.717, 1.165) is 0 Å². The van der Waals surface area contributed by atoms with E-state index in [4.69, 9.17) is 18.0 Å². The van der Waals surface area contributed by atoms with Crippen LogP contribution in [0.5, 0.6) is 0 Å². The molecule has 1 rings (SSSR count). The van der Waals surface area contributed by atoms with Crippen molar-refractivity contribution in [1.29, 1.82) is 0 Å². The summed E-state index contributed by atoms with van der Waals surface area (Å²) in [6.07, 6.45) is 0.240. The quantitative estimate of drug-likeness (QED) is 0.851. The number of nitrogens with zero attached hydrogens (tertiary/aromatic N) is 1. The lowest BCUT2D eigenvalue weighted by atomic mass is 10.1. The first-order valence-electron chi connectivity index (χ1n) is 5.97. The minimum absolute atomic E-state index is 0.141. The Morgan fingerprint density at radius 2 is 1.80 bits per heavy atom. The summed E-state index contributed by atoms with van der Waals surface area (Å²) in [4.78, 5) is 13.6. The molecule has 0 aliphatic rings. The Balaban J connectivity index is 3.10. The summed E-state index contributed by atoms with van der Waals surface area (Å²) >= 11 is 4.71. The maximum absolute atomic E-state index is 13.6. The Bertz CT molecular complexity index is 511. The van der Waals surface area contributed by atoms with Crippen LogP contribution < -0.4 is 5.73 Å². The topological polar surface area (TPSA) is 46.3 Å². The highest BCUT2D eigenvalue weighted by Crippen LogP contribution is 2.18. The number of hydrogen-bond acceptors (Lipinski definition) is 2. The van der Waals surface area contributed by atoms with Crippen LogP contribution in [0.1, 0.15) is 30.6 Å². The van der Waals surface area contributed by atoms with Crippen LogP contribution in [0.3, 0.4) is 0 Å². The summed E-state index contributed by atoms with van der Waals surface area (Å²) in [6, 6.07) is 0.644. The zero-order valence-corrected chi connectivity index (χ0v) is 11.9. The monoisotopic (exact) mass is 304 g/mol. The van der Waals surface area contributed by atoms with Crippen molar-refractivity contribution in [2.45, 2.75) is 26.3 Å². The number of rotatable bonds is 5. The standard InChI is InChI=1S/C13H15F3N2OS/c1-7(2)18(4-3-11(17)20)13(19)12-9(15)5-8(14)6-10(12)16/h5-7H,3-4H2,1-2H3,(H2,17,20). The zero-order valence-electron chi connectivity index (χ0n) is 11.1. The molecule has 0 aromatic heterocycles. The van der Waals surface area contributed by atoms with E-state index in [1.54, 1.807) is 13.8 Å². The predicted octanol–water partition coefficient (Wildman–Crippen LogP) is 2.63. The highest BCUT2D eigenvalue weighted by molar-refractivity contribution is 7.80. The summed E-state index contributed by atoms with van der Waals surface area (Å²) < 4.78 is 40.1. The van der Waals surface area contributed by atoms with E-state index in [9.17, 15) is 18.0 Å². The lowest BCUT2D eigenvalue weighted by Gasteiger charge is -2.27. The average Bonchev–Trinajstić information content (AvgIpc) is 2.26. The second-order valence-electron chi connectivity index (χ2n) is 4.55. The molecule has 1 aromatic carbocycles. The van der Waals surface area contributed by atoms with E-state index in [2.05, 4.69) is 0 Å². The molecule has 7 heteroatoms. The molecule has 1 amide bonds. The fourth-order valence-corrected chi connectivity index (χ4v) is 1.81. The van der Waals surface area contributed by atoms with E-state index in [1.807, 2.05) is 0 Å². The molecule has 1 aromatic rings. The third kappa shape index (κ3) is 3.93. The van der Waals surface area contributed by atoms with Gasteiger partial charge in [-0.1, -0.05) is 12.2 Å². The van der Waals surface area contributed by atoms with Gasteiger partial charge in [-0.05, 0) is 13.8 Å². The molecule has 0 unspecified atom stereocenters. The molecule has 0 heterocycles. The van der Waals surface area contributed by atoms with Gasteiger partial charge in [0.1, 0.15) is 23.0 Å². The summed E-state index contributed by atoms with van der Waals surface area (Å²) in [5.74, 6) is -4.39. The Kier molecular flexibility index (Phi) is 5.50. The van der Waals surface area contributed by atoms with Gasteiger partial charge in [0.25, 0.3) is 5.91 Å². The number of halogens is 3. The normalized spacial score (nSPS) is 10.7. The van der Waals surface area contributed by atoms with Crippen molar-refractivity contribution in [1.82, 2.24) is 4.90 Å². The molecule has 0 aliphatic heterocycles. The van der Waals surface area contributed by atoms with E-state index < -0.39 is 28.9 Å². The molecule has 0 saturated heterocycles. The molecule has 0 atom stereocenters. The minimum atomic E-state index is -1.23. The van der Waals surface area contributed by atoms with Gasteiger partial charge in [0, 0.05) is 31.1 Å². The third-order valence-corrected chi connectivity index (χ3v) is 2.91. The summed E-state index contributed by atoms with van der Waals surface area (Å²) in [5.41, 5.74) is 4.58. The summed E-state index contributed by atoms with van der Waals surface area (Å²) in [6.45, 7) is 3.52. The van der Waals surface area contributed by atoms with Gasteiger partial charge in [-0.3, -0.25) is 4.79 Å². The van der Waals surface area contributed by atoms with Crippen molar-refractivity contribution >= 4 is 23.1 Å². The average molecular weight is 304 g/mol. The highest BCUT2D eigenvalue weighted by Gasteiger charge is 2.25. The van der Waals surface area contributed by atoms with Crippen LogP contribution in [0.4, 0.5) is 13.2 Å². The van der Waals surface area contributed by atoms with Gasteiger partial charge in [-0.15, -0.1) is 0 Å². The maximum atomic E-state index is 13.6. The molecular weight excluding hydrogens is 289 g/mol. The molecule has 0 spiro atoms. The van der Waals surface area contributed by atoms with Crippen molar-refractivity contribution in [3.8, 4) is 0 Å². The van der Waals surface area contributed by atoms with Crippen LogP contribution in [0.2, 0.25) is 0 Å². The van der Waals surface area contributed by atoms with Crippen LogP contribution in [-0.2, 0) is 0 Å². The fourth-order valence-electron chi connectivity index (χ4n) is 1.72. The van der Waals surface area contributed by atoms with Gasteiger partial charge in [-0.25, -0.2) is 13.2 Å². The Hall–Kier alpha value is -1.63. The van der Waals surface area contributed by atoms with Gasteiger partial charge < -0.3 is 10.6 Å². The smallest absolute Gasteiger partial charge is 0.260 e. The Morgan fingerprint density at radius 3 is 2.20 bits per heavy atom. The Morgan fingerprint density at radius 1 is 1.30 bits per heavy atom. The van der Waals surface area contributed by atoms with Crippen molar-refractivity contribution in [3.63, 3.8) is 0 Å². The first kappa shape index (κ1) is 16.4. The lowest BCUT2D eigenvalue weighted by Crippen LogP contribution is -2.39. The second kappa shape index (κ2) is 6.69. The molecule has 0 aliphatic carbocycles. The Labute approximate surface area is 120 Å². The number of carbonyl (C=O) groups excluding carboxylic acids is 1. The zero-order chi connectivity index (χ0) is 15.4. The van der Waals surface area contributed by atoms with E-state index in [0.29, 0.717) is 12.1 Å². The molecule has 0 bridgehead atoms. The molecule has 2 N–H and O–H groups in total. The maximum Gasteiger partial charge on any atom is 0.260 e. The molecule has 0 fully saturated rings. The third-order valence-electron chi connectivity index (χ3n) is 2.70. The number of nitrogens with two attached hydrogens (primary N) is 1. The van der Waals surface area contributed by atoms with Crippen molar-refractivity contribution < 1.29 is 18.0 Å². The predicted molar refractivity (Wildman–Crippen MR) is 73.9 cm³/mol. The number of thiocarbonyl (C=S) groups is 1. The number of benzene rings is 1. The molecule has 110 valence electrons. The SMILES string of the molecule is CC(C)N(CCC(N)=S)C(=O)c1c(F)cc(F)cc1F. The largest absolute Gasteiger partial charge is 0.393 e. The molecule has 20 heavy (non-hydrogen) atoms. The molecular formula is C13H15F3N2OS. The highest BCUT2D eigenvalue weighted by atomic mass is 32.1. The summed E-state index contributed by atoms with van der Waals surface area (Å²) in [7, 11) is 0. The fraction of sp³-hybridized carbons (Fsp3) is 0.385. The van der Waals surface area contributed by atoms with Crippen molar-refractivity contribution in [3.05, 3.63) is 35.1 Å². The first-order chi connectivity index (χ1) is 9.23. The lowest BCUT2D eigenvalue weighted by molar-refractivity contribution is 0.0701. The van der Waals surface area contributed by atoms with Gasteiger partial charge in [-0.2, -0.15) is 0 Å².